The predicted molar refractivity (Wildman–Crippen MR) is 64.9 cm³/mol. The molecule has 2 aromatic heterocycles. The number of nitrogens with one attached hydrogen (secondary N) is 1. The van der Waals surface area contributed by atoms with Crippen molar-refractivity contribution in [2.75, 3.05) is 6.54 Å². The average molecular weight is 251 g/mol. The first-order valence-electron chi connectivity index (χ1n) is 5.15. The van der Waals surface area contributed by atoms with Crippen LogP contribution >= 0.6 is 11.8 Å². The summed E-state index contributed by atoms with van der Waals surface area (Å²) < 4.78 is 1.44. The summed E-state index contributed by atoms with van der Waals surface area (Å²) >= 11 is 1.34. The first kappa shape index (κ1) is 11.9. The highest BCUT2D eigenvalue weighted by molar-refractivity contribution is 7.99. The number of nitrogens with two attached hydrogens (primary N) is 1. The van der Waals surface area contributed by atoms with Crippen molar-refractivity contribution in [3.05, 3.63) is 34.4 Å². The van der Waals surface area contributed by atoms with Gasteiger partial charge in [-0.1, -0.05) is 6.07 Å². The molecule has 17 heavy (non-hydrogen) atoms. The van der Waals surface area contributed by atoms with Gasteiger partial charge in [-0.05, 0) is 36.4 Å². The van der Waals surface area contributed by atoms with Gasteiger partial charge in [0.1, 0.15) is 5.03 Å². The van der Waals surface area contributed by atoms with Crippen LogP contribution < -0.4 is 11.4 Å². The molecular weight excluding hydrogens is 238 g/mol. The van der Waals surface area contributed by atoms with Gasteiger partial charge >= 0.3 is 5.69 Å². The summed E-state index contributed by atoms with van der Waals surface area (Å²) in [5.41, 5.74) is 6.33. The lowest BCUT2D eigenvalue weighted by molar-refractivity contribution is 0.764. The lowest BCUT2D eigenvalue weighted by Gasteiger charge is -2.01. The van der Waals surface area contributed by atoms with Gasteiger partial charge in [-0.2, -0.15) is 0 Å². The van der Waals surface area contributed by atoms with Crippen LogP contribution in [0.2, 0.25) is 0 Å². The van der Waals surface area contributed by atoms with Crippen molar-refractivity contribution in [3.63, 3.8) is 0 Å². The van der Waals surface area contributed by atoms with Crippen LogP contribution in [0, 0.1) is 0 Å². The van der Waals surface area contributed by atoms with Crippen LogP contribution in [0.25, 0.3) is 0 Å². The molecule has 0 aliphatic heterocycles. The Morgan fingerprint density at radius 3 is 2.88 bits per heavy atom. The van der Waals surface area contributed by atoms with Crippen LogP contribution in [-0.4, -0.2) is 26.3 Å². The van der Waals surface area contributed by atoms with Crippen molar-refractivity contribution < 1.29 is 0 Å². The van der Waals surface area contributed by atoms with Crippen molar-refractivity contribution in [2.45, 2.75) is 16.6 Å². The van der Waals surface area contributed by atoms with E-state index in [1.54, 1.807) is 13.2 Å². The van der Waals surface area contributed by atoms with Crippen LogP contribution in [0.1, 0.15) is 5.56 Å². The van der Waals surface area contributed by atoms with E-state index in [-0.39, 0.29) is 5.69 Å². The highest BCUT2D eigenvalue weighted by Gasteiger charge is 2.06. The molecule has 0 aromatic carbocycles. The van der Waals surface area contributed by atoms with Crippen molar-refractivity contribution >= 4 is 11.8 Å². The zero-order chi connectivity index (χ0) is 12.3. The van der Waals surface area contributed by atoms with Gasteiger partial charge in [0.05, 0.1) is 0 Å². The molecule has 2 aromatic rings. The van der Waals surface area contributed by atoms with Crippen molar-refractivity contribution in [1.82, 2.24) is 19.7 Å². The van der Waals surface area contributed by atoms with Crippen LogP contribution in [-0.2, 0) is 13.5 Å². The van der Waals surface area contributed by atoms with Crippen molar-refractivity contribution in [1.29, 1.82) is 0 Å². The Morgan fingerprint density at radius 2 is 2.35 bits per heavy atom. The van der Waals surface area contributed by atoms with Crippen LogP contribution in [0.4, 0.5) is 0 Å². The molecule has 0 bridgehead atoms. The highest BCUT2D eigenvalue weighted by Crippen LogP contribution is 2.22. The largest absolute Gasteiger partial charge is 0.343 e. The number of hydrogen-bond acceptors (Lipinski definition) is 5. The Balaban J connectivity index is 2.14. The van der Waals surface area contributed by atoms with E-state index in [9.17, 15) is 4.79 Å². The van der Waals surface area contributed by atoms with E-state index >= 15 is 0 Å². The van der Waals surface area contributed by atoms with E-state index in [1.807, 2.05) is 12.1 Å². The Kier molecular flexibility index (Phi) is 3.60. The normalized spacial score (nSPS) is 10.7. The van der Waals surface area contributed by atoms with Gasteiger partial charge in [0.2, 0.25) is 0 Å². The van der Waals surface area contributed by atoms with E-state index in [4.69, 9.17) is 5.73 Å². The lowest BCUT2D eigenvalue weighted by atomic mass is 10.2. The smallest absolute Gasteiger partial charge is 0.330 e. The summed E-state index contributed by atoms with van der Waals surface area (Å²) in [6, 6.07) is 3.88. The maximum absolute atomic E-state index is 11.2. The number of hydrogen-bond donors (Lipinski definition) is 2. The fraction of sp³-hybridized carbons (Fsp3) is 0.300. The molecule has 2 heterocycles. The van der Waals surface area contributed by atoms with Gasteiger partial charge in [-0.25, -0.2) is 14.9 Å². The molecule has 7 heteroatoms. The third kappa shape index (κ3) is 2.75. The number of aromatic amines is 1. The van der Waals surface area contributed by atoms with Gasteiger partial charge < -0.3 is 5.73 Å². The Bertz CT molecular complexity index is 545. The first-order chi connectivity index (χ1) is 8.20. The van der Waals surface area contributed by atoms with E-state index < -0.39 is 0 Å². The second-order valence-electron chi connectivity index (χ2n) is 3.52. The highest BCUT2D eigenvalue weighted by atomic mass is 32.2. The molecule has 0 aliphatic carbocycles. The molecular formula is C10H13N5OS. The predicted octanol–water partition coefficient (Wildman–Crippen LogP) is 0.156. The van der Waals surface area contributed by atoms with Crippen LogP contribution in [0.3, 0.4) is 0 Å². The van der Waals surface area contributed by atoms with E-state index in [2.05, 4.69) is 15.2 Å². The topological polar surface area (TPSA) is 89.6 Å². The average Bonchev–Trinajstić information content (AvgIpc) is 2.64. The van der Waals surface area contributed by atoms with Crippen molar-refractivity contribution in [2.24, 2.45) is 12.8 Å². The van der Waals surface area contributed by atoms with E-state index in [1.165, 1.54) is 16.3 Å². The lowest BCUT2D eigenvalue weighted by Crippen LogP contribution is -2.12. The zero-order valence-electron chi connectivity index (χ0n) is 9.38. The van der Waals surface area contributed by atoms with Crippen LogP contribution in [0.15, 0.2) is 33.3 Å². The second-order valence-corrected chi connectivity index (χ2v) is 4.50. The van der Waals surface area contributed by atoms with Gasteiger partial charge in [0, 0.05) is 13.2 Å². The molecule has 0 saturated heterocycles. The molecule has 90 valence electrons. The Labute approximate surface area is 102 Å². The second kappa shape index (κ2) is 5.15. The zero-order valence-corrected chi connectivity index (χ0v) is 10.2. The van der Waals surface area contributed by atoms with Gasteiger partial charge in [-0.15, -0.1) is 5.10 Å². The Hall–Kier alpha value is -1.60. The number of nitrogens with zero attached hydrogens (tertiary/aromatic N) is 3. The standard InChI is InChI=1S/C10H13N5OS/c1-15-9(16)13-14-10(15)17-8-3-2-7(4-5-11)6-12-8/h2-3,6H,4-5,11H2,1H3,(H,13,16). The maximum atomic E-state index is 11.2. The minimum Gasteiger partial charge on any atom is -0.330 e. The maximum Gasteiger partial charge on any atom is 0.343 e. The van der Waals surface area contributed by atoms with Crippen molar-refractivity contribution in [3.8, 4) is 0 Å². The third-order valence-corrected chi connectivity index (χ3v) is 3.26. The van der Waals surface area contributed by atoms with Crippen LogP contribution in [0.5, 0.6) is 0 Å². The summed E-state index contributed by atoms with van der Waals surface area (Å²) in [7, 11) is 1.66. The van der Waals surface area contributed by atoms with E-state index in [0.717, 1.165) is 17.0 Å². The third-order valence-electron chi connectivity index (χ3n) is 2.27. The first-order valence-corrected chi connectivity index (χ1v) is 5.96. The monoisotopic (exact) mass is 251 g/mol. The van der Waals surface area contributed by atoms with Gasteiger partial charge in [-0.3, -0.25) is 4.57 Å². The summed E-state index contributed by atoms with van der Waals surface area (Å²) in [4.78, 5) is 15.4. The summed E-state index contributed by atoms with van der Waals surface area (Å²) in [6.07, 6.45) is 2.61. The molecule has 2 rings (SSSR count). The minimum atomic E-state index is -0.229. The molecule has 6 nitrogen and oxygen atoms in total. The number of pyridine rings is 1. The molecule has 3 N–H and O–H groups in total. The molecule has 0 atom stereocenters. The minimum absolute atomic E-state index is 0.229. The van der Waals surface area contributed by atoms with Gasteiger partial charge in [0.15, 0.2) is 5.16 Å². The molecule has 0 saturated carbocycles. The molecule has 0 spiro atoms. The summed E-state index contributed by atoms with van der Waals surface area (Å²) in [5, 5.41) is 7.67. The van der Waals surface area contributed by atoms with Gasteiger partial charge in [0.25, 0.3) is 0 Å². The quantitative estimate of drug-likeness (QED) is 0.807. The summed E-state index contributed by atoms with van der Waals surface area (Å²) in [5.74, 6) is 0. The SMILES string of the molecule is Cn1c(Sc2ccc(CCN)cn2)n[nH]c1=O. The molecule has 0 amide bonds. The fourth-order valence-electron chi connectivity index (χ4n) is 1.30. The van der Waals surface area contributed by atoms with E-state index in [0.29, 0.717) is 11.7 Å². The molecule has 0 fully saturated rings. The summed E-state index contributed by atoms with van der Waals surface area (Å²) in [6.45, 7) is 0.613. The number of aromatic nitrogens is 4. The molecule has 0 unspecified atom stereocenters. The molecule has 0 radical (unpaired) electrons. The number of H-pyrrole nitrogens is 1. The Morgan fingerprint density at radius 1 is 1.53 bits per heavy atom. The number of rotatable bonds is 4. The fourth-order valence-corrected chi connectivity index (χ4v) is 2.04. The molecule has 0 aliphatic rings.